The van der Waals surface area contributed by atoms with Gasteiger partial charge in [0.05, 0.1) is 6.04 Å². The Bertz CT molecular complexity index is 519. The third-order valence-electron chi connectivity index (χ3n) is 2.93. The monoisotopic (exact) mass is 249 g/mol. The van der Waals surface area contributed by atoms with Gasteiger partial charge < -0.3 is 9.88 Å². The summed E-state index contributed by atoms with van der Waals surface area (Å²) in [6, 6.07) is 6.17. The number of nitrogens with zero attached hydrogens (tertiary/aromatic N) is 2. The summed E-state index contributed by atoms with van der Waals surface area (Å²) in [7, 11) is 3.91. The van der Waals surface area contributed by atoms with Gasteiger partial charge in [-0.05, 0) is 31.2 Å². The van der Waals surface area contributed by atoms with Gasteiger partial charge in [-0.3, -0.25) is 0 Å². The van der Waals surface area contributed by atoms with Crippen LogP contribution in [0.15, 0.2) is 30.6 Å². The lowest BCUT2D eigenvalue weighted by Crippen LogP contribution is -2.21. The molecule has 4 heteroatoms. The Balaban J connectivity index is 2.42. The molecular formula is C13H16ClN3. The average molecular weight is 250 g/mol. The van der Waals surface area contributed by atoms with Crippen LogP contribution < -0.4 is 5.32 Å². The van der Waals surface area contributed by atoms with Crippen molar-refractivity contribution in [1.82, 2.24) is 14.9 Å². The number of hydrogen-bond acceptors (Lipinski definition) is 2. The van der Waals surface area contributed by atoms with E-state index in [1.807, 2.05) is 43.9 Å². The summed E-state index contributed by atoms with van der Waals surface area (Å²) < 4.78 is 2.01. The zero-order valence-electron chi connectivity index (χ0n) is 10.2. The fourth-order valence-electron chi connectivity index (χ4n) is 1.89. The second-order valence-corrected chi connectivity index (χ2v) is 4.53. The molecule has 0 saturated heterocycles. The topological polar surface area (TPSA) is 29.9 Å². The highest BCUT2D eigenvalue weighted by Gasteiger charge is 2.16. The summed E-state index contributed by atoms with van der Waals surface area (Å²) in [4.78, 5) is 4.37. The second kappa shape index (κ2) is 4.90. The molecule has 1 atom stereocenters. The van der Waals surface area contributed by atoms with Crippen LogP contribution in [-0.2, 0) is 7.05 Å². The van der Waals surface area contributed by atoms with Crippen LogP contribution in [0.2, 0.25) is 5.02 Å². The Morgan fingerprint density at radius 1 is 1.41 bits per heavy atom. The predicted molar refractivity (Wildman–Crippen MR) is 70.3 cm³/mol. The Hall–Kier alpha value is -1.32. The second-order valence-electron chi connectivity index (χ2n) is 4.13. The van der Waals surface area contributed by atoms with E-state index < -0.39 is 0 Å². The number of halogens is 1. The van der Waals surface area contributed by atoms with Crippen molar-refractivity contribution in [2.75, 3.05) is 7.05 Å². The lowest BCUT2D eigenvalue weighted by molar-refractivity contribution is 0.617. The molecule has 1 aromatic carbocycles. The molecule has 0 aliphatic heterocycles. The van der Waals surface area contributed by atoms with Gasteiger partial charge in [0.25, 0.3) is 0 Å². The van der Waals surface area contributed by atoms with Gasteiger partial charge in [-0.1, -0.05) is 23.7 Å². The van der Waals surface area contributed by atoms with Crippen molar-refractivity contribution in [1.29, 1.82) is 0 Å². The highest BCUT2D eigenvalue weighted by atomic mass is 35.5. The minimum atomic E-state index is 0.0631. The summed E-state index contributed by atoms with van der Waals surface area (Å²) in [5, 5.41) is 4.06. The van der Waals surface area contributed by atoms with E-state index in [2.05, 4.69) is 16.4 Å². The first-order valence-electron chi connectivity index (χ1n) is 5.54. The smallest absolute Gasteiger partial charge is 0.130 e. The average Bonchev–Trinajstić information content (AvgIpc) is 2.71. The first-order valence-corrected chi connectivity index (χ1v) is 5.92. The van der Waals surface area contributed by atoms with E-state index in [9.17, 15) is 0 Å². The largest absolute Gasteiger partial charge is 0.336 e. The van der Waals surface area contributed by atoms with Crippen LogP contribution in [-0.4, -0.2) is 16.6 Å². The minimum Gasteiger partial charge on any atom is -0.336 e. The molecule has 0 aliphatic carbocycles. The van der Waals surface area contributed by atoms with Gasteiger partial charge >= 0.3 is 0 Å². The van der Waals surface area contributed by atoms with Gasteiger partial charge in [-0.2, -0.15) is 0 Å². The van der Waals surface area contributed by atoms with Gasteiger partial charge in [0.15, 0.2) is 0 Å². The van der Waals surface area contributed by atoms with Crippen molar-refractivity contribution >= 4 is 11.6 Å². The number of hydrogen-bond donors (Lipinski definition) is 1. The molecule has 0 spiro atoms. The number of imidazole rings is 1. The van der Waals surface area contributed by atoms with Crippen LogP contribution >= 0.6 is 11.6 Å². The fourth-order valence-corrected chi connectivity index (χ4v) is 2.08. The van der Waals surface area contributed by atoms with Crippen molar-refractivity contribution in [2.24, 2.45) is 7.05 Å². The van der Waals surface area contributed by atoms with Crippen molar-refractivity contribution < 1.29 is 0 Å². The first kappa shape index (κ1) is 12.1. The Labute approximate surface area is 106 Å². The molecule has 0 amide bonds. The van der Waals surface area contributed by atoms with Crippen molar-refractivity contribution in [2.45, 2.75) is 13.0 Å². The van der Waals surface area contributed by atoms with E-state index >= 15 is 0 Å². The van der Waals surface area contributed by atoms with Crippen LogP contribution in [0.5, 0.6) is 0 Å². The SMILES string of the molecule is CNC(c1ccc(C)c(Cl)c1)c1nccn1C. The minimum absolute atomic E-state index is 0.0631. The van der Waals surface area contributed by atoms with Crippen molar-refractivity contribution in [3.63, 3.8) is 0 Å². The van der Waals surface area contributed by atoms with Crippen LogP contribution in [0.4, 0.5) is 0 Å². The van der Waals surface area contributed by atoms with Crippen LogP contribution in [0.1, 0.15) is 23.0 Å². The lowest BCUT2D eigenvalue weighted by Gasteiger charge is -2.17. The summed E-state index contributed by atoms with van der Waals surface area (Å²) in [6.45, 7) is 2.00. The van der Waals surface area contributed by atoms with E-state index in [0.717, 1.165) is 22.0 Å². The molecule has 2 rings (SSSR count). The molecule has 2 aromatic rings. The maximum Gasteiger partial charge on any atom is 0.130 e. The summed E-state index contributed by atoms with van der Waals surface area (Å²) in [6.07, 6.45) is 3.74. The third-order valence-corrected chi connectivity index (χ3v) is 3.34. The van der Waals surface area contributed by atoms with E-state index in [1.165, 1.54) is 0 Å². The molecule has 90 valence electrons. The molecule has 3 nitrogen and oxygen atoms in total. The van der Waals surface area contributed by atoms with E-state index in [0.29, 0.717) is 0 Å². The summed E-state index contributed by atoms with van der Waals surface area (Å²) in [5.41, 5.74) is 2.21. The maximum atomic E-state index is 6.16. The molecule has 0 fully saturated rings. The van der Waals surface area contributed by atoms with Crippen molar-refractivity contribution in [3.8, 4) is 0 Å². The number of aryl methyl sites for hydroxylation is 2. The molecule has 1 unspecified atom stereocenters. The highest BCUT2D eigenvalue weighted by molar-refractivity contribution is 6.31. The molecule has 0 saturated carbocycles. The Morgan fingerprint density at radius 3 is 2.71 bits per heavy atom. The molecule has 0 bridgehead atoms. The summed E-state index contributed by atoms with van der Waals surface area (Å²) in [5.74, 6) is 0.979. The standard InChI is InChI=1S/C13H16ClN3/c1-9-4-5-10(8-11(9)14)12(15-2)13-16-6-7-17(13)3/h4-8,12,15H,1-3H3. The molecule has 0 radical (unpaired) electrons. The zero-order valence-corrected chi connectivity index (χ0v) is 11.0. The maximum absolute atomic E-state index is 6.16. The Kier molecular flexibility index (Phi) is 3.50. The summed E-state index contributed by atoms with van der Waals surface area (Å²) >= 11 is 6.16. The van der Waals surface area contributed by atoms with E-state index in [-0.39, 0.29) is 6.04 Å². The number of nitrogens with one attached hydrogen (secondary N) is 1. The number of rotatable bonds is 3. The molecule has 1 heterocycles. The molecule has 1 N–H and O–H groups in total. The predicted octanol–water partition coefficient (Wildman–Crippen LogP) is 2.69. The molecular weight excluding hydrogens is 234 g/mol. The molecule has 1 aromatic heterocycles. The number of benzene rings is 1. The van der Waals surface area contributed by atoms with Gasteiger partial charge in [-0.25, -0.2) is 4.98 Å². The zero-order chi connectivity index (χ0) is 12.4. The Morgan fingerprint density at radius 2 is 2.18 bits per heavy atom. The van der Waals surface area contributed by atoms with Crippen LogP contribution in [0.3, 0.4) is 0 Å². The van der Waals surface area contributed by atoms with Crippen molar-refractivity contribution in [3.05, 3.63) is 52.6 Å². The third kappa shape index (κ3) is 2.35. The van der Waals surface area contributed by atoms with Gasteiger partial charge in [0.1, 0.15) is 5.82 Å². The van der Waals surface area contributed by atoms with Crippen LogP contribution in [0.25, 0.3) is 0 Å². The molecule has 0 aliphatic rings. The normalized spacial score (nSPS) is 12.7. The quantitative estimate of drug-likeness (QED) is 0.907. The van der Waals surface area contributed by atoms with Crippen LogP contribution in [0, 0.1) is 6.92 Å². The first-order chi connectivity index (χ1) is 8.13. The fraction of sp³-hybridized carbons (Fsp3) is 0.308. The van der Waals surface area contributed by atoms with Gasteiger partial charge in [0.2, 0.25) is 0 Å². The number of aromatic nitrogens is 2. The van der Waals surface area contributed by atoms with Gasteiger partial charge in [0, 0.05) is 24.5 Å². The van der Waals surface area contributed by atoms with E-state index in [4.69, 9.17) is 11.6 Å². The highest BCUT2D eigenvalue weighted by Crippen LogP contribution is 2.24. The van der Waals surface area contributed by atoms with E-state index in [1.54, 1.807) is 6.20 Å². The molecule has 17 heavy (non-hydrogen) atoms. The van der Waals surface area contributed by atoms with Gasteiger partial charge in [-0.15, -0.1) is 0 Å². The lowest BCUT2D eigenvalue weighted by atomic mass is 10.0.